The number of hydrogen-bond donors (Lipinski definition) is 1. The van der Waals surface area contributed by atoms with Crippen molar-refractivity contribution in [2.24, 2.45) is 5.73 Å². The monoisotopic (exact) mass is 312 g/mol. The van der Waals surface area contributed by atoms with Crippen molar-refractivity contribution in [1.82, 2.24) is 4.90 Å². The maximum Gasteiger partial charge on any atom is 0.227 e. The topological polar surface area (TPSA) is 55.6 Å². The normalized spacial score (nSPS) is 21.6. The molecule has 4 heteroatoms. The summed E-state index contributed by atoms with van der Waals surface area (Å²) in [5, 5.41) is 2.37. The van der Waals surface area contributed by atoms with E-state index in [2.05, 4.69) is 24.3 Å². The van der Waals surface area contributed by atoms with E-state index in [0.29, 0.717) is 13.0 Å². The number of rotatable bonds is 4. The Kier molecular flexibility index (Phi) is 4.94. The van der Waals surface area contributed by atoms with Gasteiger partial charge in [0.25, 0.3) is 0 Å². The zero-order valence-corrected chi connectivity index (χ0v) is 13.6. The Labute approximate surface area is 137 Å². The molecule has 0 radical (unpaired) electrons. The van der Waals surface area contributed by atoms with Crippen molar-refractivity contribution >= 4 is 16.7 Å². The molecule has 1 aliphatic heterocycles. The van der Waals surface area contributed by atoms with E-state index in [0.717, 1.165) is 24.9 Å². The standard InChI is InChI=1S/C19H24N2O2/c1-23-18-8-9-21(17(12-18)13-20)19(22)11-14-6-7-15-4-2-3-5-16(15)10-14/h2-7,10,17-18H,8-9,11-13,20H2,1H3. The van der Waals surface area contributed by atoms with E-state index >= 15 is 0 Å². The van der Waals surface area contributed by atoms with Crippen LogP contribution in [0.4, 0.5) is 0 Å². The van der Waals surface area contributed by atoms with Crippen molar-refractivity contribution in [1.29, 1.82) is 0 Å². The molecule has 2 unspecified atom stereocenters. The van der Waals surface area contributed by atoms with Gasteiger partial charge in [0.15, 0.2) is 0 Å². The third-order valence-electron chi connectivity index (χ3n) is 4.76. The third-order valence-corrected chi connectivity index (χ3v) is 4.76. The Morgan fingerprint density at radius 2 is 2.04 bits per heavy atom. The maximum absolute atomic E-state index is 12.7. The lowest BCUT2D eigenvalue weighted by Crippen LogP contribution is -2.51. The van der Waals surface area contributed by atoms with Gasteiger partial charge in [-0.15, -0.1) is 0 Å². The molecule has 23 heavy (non-hydrogen) atoms. The number of methoxy groups -OCH3 is 1. The number of ether oxygens (including phenoxy) is 1. The van der Waals surface area contributed by atoms with Gasteiger partial charge in [0.2, 0.25) is 5.91 Å². The van der Waals surface area contributed by atoms with E-state index in [1.165, 1.54) is 10.8 Å². The summed E-state index contributed by atoms with van der Waals surface area (Å²) in [6, 6.07) is 14.5. The summed E-state index contributed by atoms with van der Waals surface area (Å²) in [5.41, 5.74) is 6.92. The molecule has 3 rings (SSSR count). The summed E-state index contributed by atoms with van der Waals surface area (Å²) < 4.78 is 5.42. The minimum absolute atomic E-state index is 0.0849. The molecule has 2 N–H and O–H groups in total. The third kappa shape index (κ3) is 3.54. The number of likely N-dealkylation sites (tertiary alicyclic amines) is 1. The summed E-state index contributed by atoms with van der Waals surface area (Å²) in [6.45, 7) is 1.22. The van der Waals surface area contributed by atoms with Crippen molar-refractivity contribution in [3.63, 3.8) is 0 Å². The van der Waals surface area contributed by atoms with Gasteiger partial charge in [0.05, 0.1) is 12.5 Å². The van der Waals surface area contributed by atoms with Crippen LogP contribution in [-0.2, 0) is 16.0 Å². The van der Waals surface area contributed by atoms with Gasteiger partial charge in [-0.1, -0.05) is 42.5 Å². The Morgan fingerprint density at radius 1 is 1.26 bits per heavy atom. The second-order valence-corrected chi connectivity index (χ2v) is 6.22. The zero-order valence-electron chi connectivity index (χ0n) is 13.6. The summed E-state index contributed by atoms with van der Waals surface area (Å²) >= 11 is 0. The Balaban J connectivity index is 1.72. The van der Waals surface area contributed by atoms with E-state index in [1.54, 1.807) is 7.11 Å². The van der Waals surface area contributed by atoms with Gasteiger partial charge in [-0.05, 0) is 29.2 Å². The van der Waals surface area contributed by atoms with Crippen molar-refractivity contribution in [2.75, 3.05) is 20.2 Å². The van der Waals surface area contributed by atoms with E-state index in [-0.39, 0.29) is 18.1 Å². The van der Waals surface area contributed by atoms with Gasteiger partial charge in [-0.2, -0.15) is 0 Å². The van der Waals surface area contributed by atoms with Crippen LogP contribution in [-0.4, -0.2) is 43.2 Å². The number of fused-ring (bicyclic) bond motifs is 1. The first kappa shape index (κ1) is 16.0. The summed E-state index contributed by atoms with van der Waals surface area (Å²) in [7, 11) is 1.73. The molecule has 0 saturated carbocycles. The molecule has 2 atom stereocenters. The number of piperidine rings is 1. The lowest BCUT2D eigenvalue weighted by atomic mass is 9.97. The average Bonchev–Trinajstić information content (AvgIpc) is 2.60. The minimum atomic E-state index is 0.0849. The van der Waals surface area contributed by atoms with Gasteiger partial charge in [0.1, 0.15) is 0 Å². The van der Waals surface area contributed by atoms with Crippen molar-refractivity contribution in [3.05, 3.63) is 48.0 Å². The molecule has 4 nitrogen and oxygen atoms in total. The fourth-order valence-electron chi connectivity index (χ4n) is 3.40. The highest BCUT2D eigenvalue weighted by molar-refractivity contribution is 5.85. The summed E-state index contributed by atoms with van der Waals surface area (Å²) in [5.74, 6) is 0.158. The Morgan fingerprint density at radius 3 is 2.78 bits per heavy atom. The minimum Gasteiger partial charge on any atom is -0.381 e. The van der Waals surface area contributed by atoms with Gasteiger partial charge in [0, 0.05) is 26.2 Å². The molecule has 1 fully saturated rings. The highest BCUT2D eigenvalue weighted by Gasteiger charge is 2.30. The molecule has 2 aromatic rings. The quantitative estimate of drug-likeness (QED) is 0.943. The molecular weight excluding hydrogens is 288 g/mol. The summed E-state index contributed by atoms with van der Waals surface area (Å²) in [4.78, 5) is 14.6. The molecule has 1 heterocycles. The molecule has 0 bridgehead atoms. The fraction of sp³-hybridized carbons (Fsp3) is 0.421. The van der Waals surface area contributed by atoms with Crippen LogP contribution < -0.4 is 5.73 Å². The lowest BCUT2D eigenvalue weighted by molar-refractivity contribution is -0.136. The van der Waals surface area contributed by atoms with Crippen LogP contribution in [0.2, 0.25) is 0 Å². The first-order valence-corrected chi connectivity index (χ1v) is 8.21. The highest BCUT2D eigenvalue weighted by atomic mass is 16.5. The molecule has 1 saturated heterocycles. The van der Waals surface area contributed by atoms with E-state index in [9.17, 15) is 4.79 Å². The van der Waals surface area contributed by atoms with Crippen molar-refractivity contribution in [3.8, 4) is 0 Å². The number of carbonyl (C=O) groups is 1. The van der Waals surface area contributed by atoms with Crippen molar-refractivity contribution in [2.45, 2.75) is 31.4 Å². The van der Waals surface area contributed by atoms with Crippen LogP contribution in [0.3, 0.4) is 0 Å². The first-order chi connectivity index (χ1) is 11.2. The van der Waals surface area contributed by atoms with Gasteiger partial charge in [-0.25, -0.2) is 0 Å². The Hall–Kier alpha value is -1.91. The van der Waals surface area contributed by atoms with Crippen LogP contribution in [0.1, 0.15) is 18.4 Å². The summed E-state index contributed by atoms with van der Waals surface area (Å²) in [6.07, 6.45) is 2.36. The lowest BCUT2D eigenvalue weighted by Gasteiger charge is -2.38. The number of nitrogens with two attached hydrogens (primary N) is 1. The zero-order chi connectivity index (χ0) is 16.2. The second kappa shape index (κ2) is 7.11. The average molecular weight is 312 g/mol. The molecule has 0 spiro atoms. The number of carbonyl (C=O) groups excluding carboxylic acids is 1. The van der Waals surface area contributed by atoms with Crippen LogP contribution in [0.25, 0.3) is 10.8 Å². The molecule has 0 aromatic heterocycles. The van der Waals surface area contributed by atoms with E-state index in [1.807, 2.05) is 23.1 Å². The molecule has 2 aromatic carbocycles. The molecule has 0 aliphatic carbocycles. The smallest absolute Gasteiger partial charge is 0.227 e. The molecule has 1 aliphatic rings. The largest absolute Gasteiger partial charge is 0.381 e. The van der Waals surface area contributed by atoms with Crippen LogP contribution in [0, 0.1) is 0 Å². The van der Waals surface area contributed by atoms with E-state index < -0.39 is 0 Å². The predicted molar refractivity (Wildman–Crippen MR) is 92.2 cm³/mol. The molecule has 122 valence electrons. The van der Waals surface area contributed by atoms with E-state index in [4.69, 9.17) is 10.5 Å². The van der Waals surface area contributed by atoms with Crippen LogP contribution in [0.15, 0.2) is 42.5 Å². The van der Waals surface area contributed by atoms with Crippen LogP contribution in [0.5, 0.6) is 0 Å². The van der Waals surface area contributed by atoms with Crippen molar-refractivity contribution < 1.29 is 9.53 Å². The van der Waals surface area contributed by atoms with Gasteiger partial charge >= 0.3 is 0 Å². The predicted octanol–water partition coefficient (Wildman–Crippen LogP) is 2.35. The van der Waals surface area contributed by atoms with Gasteiger partial charge in [-0.3, -0.25) is 4.79 Å². The fourth-order valence-corrected chi connectivity index (χ4v) is 3.40. The molecule has 1 amide bonds. The number of amides is 1. The maximum atomic E-state index is 12.7. The number of hydrogen-bond acceptors (Lipinski definition) is 3. The Bertz CT molecular complexity index is 686. The SMILES string of the molecule is COC1CCN(C(=O)Cc2ccc3ccccc3c2)C(CN)C1. The number of nitrogens with zero attached hydrogens (tertiary/aromatic N) is 1. The first-order valence-electron chi connectivity index (χ1n) is 8.21. The second-order valence-electron chi connectivity index (χ2n) is 6.22. The molecular formula is C19H24N2O2. The van der Waals surface area contributed by atoms with Crippen LogP contribution >= 0.6 is 0 Å². The highest BCUT2D eigenvalue weighted by Crippen LogP contribution is 2.21. The number of benzene rings is 2. The van der Waals surface area contributed by atoms with Gasteiger partial charge < -0.3 is 15.4 Å².